The molecule has 5 heteroatoms. The summed E-state index contributed by atoms with van der Waals surface area (Å²) in [6, 6.07) is 1.80. The Morgan fingerprint density at radius 1 is 1.69 bits per heavy atom. The van der Waals surface area contributed by atoms with E-state index in [4.69, 9.17) is 10.2 Å². The Hall–Kier alpha value is -1.00. The third-order valence-electron chi connectivity index (χ3n) is 2.86. The highest BCUT2D eigenvalue weighted by molar-refractivity contribution is 5.95. The second kappa shape index (κ2) is 5.37. The number of furan rings is 1. The summed E-state index contributed by atoms with van der Waals surface area (Å²) in [4.78, 5) is 11.8. The Morgan fingerprint density at radius 2 is 2.38 bits per heavy atom. The number of rotatable bonds is 4. The third-order valence-corrected chi connectivity index (χ3v) is 2.86. The molecule has 0 radical (unpaired) electrons. The van der Waals surface area contributed by atoms with Crippen LogP contribution in [0.3, 0.4) is 0 Å². The monoisotopic (exact) mass is 244 g/mol. The quantitative estimate of drug-likeness (QED) is 0.843. The Balaban J connectivity index is 0.00000128. The molecule has 1 unspecified atom stereocenters. The van der Waals surface area contributed by atoms with Crippen LogP contribution in [0.5, 0.6) is 0 Å². The van der Waals surface area contributed by atoms with Gasteiger partial charge in [-0.05, 0) is 31.7 Å². The first-order valence-corrected chi connectivity index (χ1v) is 5.27. The van der Waals surface area contributed by atoms with Crippen LogP contribution in [0.4, 0.5) is 0 Å². The number of hydrogen-bond acceptors (Lipinski definition) is 3. The lowest BCUT2D eigenvalue weighted by Crippen LogP contribution is -2.41. The number of aryl methyl sites for hydroxylation is 1. The predicted octanol–water partition coefficient (Wildman–Crippen LogP) is 1.48. The molecule has 1 aliphatic carbocycles. The van der Waals surface area contributed by atoms with Crippen molar-refractivity contribution < 1.29 is 9.21 Å². The normalized spacial score (nSPS) is 16.4. The van der Waals surface area contributed by atoms with Gasteiger partial charge in [0.1, 0.15) is 5.76 Å². The average molecular weight is 245 g/mol. The second-order valence-corrected chi connectivity index (χ2v) is 4.04. The van der Waals surface area contributed by atoms with Crippen molar-refractivity contribution in [1.82, 2.24) is 5.32 Å². The van der Waals surface area contributed by atoms with Gasteiger partial charge in [0.25, 0.3) is 5.91 Å². The van der Waals surface area contributed by atoms with Crippen molar-refractivity contribution in [3.63, 3.8) is 0 Å². The third kappa shape index (κ3) is 2.77. The molecule has 1 aliphatic rings. The van der Waals surface area contributed by atoms with E-state index in [9.17, 15) is 4.79 Å². The Morgan fingerprint density at radius 3 is 2.81 bits per heavy atom. The zero-order chi connectivity index (χ0) is 10.8. The number of nitrogens with two attached hydrogens (primary N) is 1. The van der Waals surface area contributed by atoms with Crippen LogP contribution in [-0.4, -0.2) is 18.5 Å². The summed E-state index contributed by atoms with van der Waals surface area (Å²) in [5, 5.41) is 2.95. The summed E-state index contributed by atoms with van der Waals surface area (Å²) >= 11 is 0. The fourth-order valence-corrected chi connectivity index (χ4v) is 1.73. The van der Waals surface area contributed by atoms with E-state index in [0.717, 1.165) is 0 Å². The molecule has 1 fully saturated rings. The van der Waals surface area contributed by atoms with Gasteiger partial charge in [0.15, 0.2) is 0 Å². The predicted molar refractivity (Wildman–Crippen MR) is 63.7 cm³/mol. The number of carbonyl (C=O) groups excluding carboxylic acids is 1. The molecule has 1 heterocycles. The van der Waals surface area contributed by atoms with Gasteiger partial charge >= 0.3 is 0 Å². The zero-order valence-corrected chi connectivity index (χ0v) is 10.0. The number of carbonyl (C=O) groups is 1. The molecule has 1 atom stereocenters. The summed E-state index contributed by atoms with van der Waals surface area (Å²) in [6.07, 6.45) is 3.87. The van der Waals surface area contributed by atoms with Crippen molar-refractivity contribution in [2.24, 2.45) is 11.7 Å². The van der Waals surface area contributed by atoms with E-state index in [1.54, 1.807) is 13.0 Å². The fourth-order valence-electron chi connectivity index (χ4n) is 1.73. The highest BCUT2D eigenvalue weighted by Gasteiger charge is 2.31. The van der Waals surface area contributed by atoms with Gasteiger partial charge in [0.05, 0.1) is 11.8 Å². The molecule has 0 saturated heterocycles. The maximum absolute atomic E-state index is 11.8. The van der Waals surface area contributed by atoms with Gasteiger partial charge < -0.3 is 15.5 Å². The molecular formula is C11H17ClN2O2. The molecule has 0 bridgehead atoms. The maximum Gasteiger partial charge on any atom is 0.255 e. The first-order valence-electron chi connectivity index (χ1n) is 5.27. The van der Waals surface area contributed by atoms with Gasteiger partial charge in [-0.1, -0.05) is 0 Å². The van der Waals surface area contributed by atoms with Crippen molar-refractivity contribution in [3.8, 4) is 0 Å². The minimum absolute atomic E-state index is 0. The van der Waals surface area contributed by atoms with Gasteiger partial charge in [0.2, 0.25) is 0 Å². The molecule has 0 aliphatic heterocycles. The van der Waals surface area contributed by atoms with Crippen molar-refractivity contribution >= 4 is 18.3 Å². The summed E-state index contributed by atoms with van der Waals surface area (Å²) in [5.74, 6) is 1.15. The lowest BCUT2D eigenvalue weighted by Gasteiger charge is -2.15. The largest absolute Gasteiger partial charge is 0.469 e. The smallest absolute Gasteiger partial charge is 0.255 e. The minimum atomic E-state index is -0.0800. The van der Waals surface area contributed by atoms with Crippen molar-refractivity contribution in [2.75, 3.05) is 6.54 Å². The van der Waals surface area contributed by atoms with Crippen LogP contribution in [0.15, 0.2) is 16.7 Å². The second-order valence-electron chi connectivity index (χ2n) is 4.04. The van der Waals surface area contributed by atoms with E-state index in [2.05, 4.69) is 5.32 Å². The molecule has 0 aromatic carbocycles. The van der Waals surface area contributed by atoms with E-state index in [1.165, 1.54) is 19.1 Å². The lowest BCUT2D eigenvalue weighted by molar-refractivity contribution is 0.0932. The minimum Gasteiger partial charge on any atom is -0.469 e. The van der Waals surface area contributed by atoms with Crippen LogP contribution in [0.2, 0.25) is 0 Å². The molecule has 16 heavy (non-hydrogen) atoms. The molecule has 90 valence electrons. The van der Waals surface area contributed by atoms with E-state index < -0.39 is 0 Å². The first-order chi connectivity index (χ1) is 7.22. The fraction of sp³-hybridized carbons (Fsp3) is 0.545. The number of amides is 1. The molecule has 4 nitrogen and oxygen atoms in total. The Labute approximate surface area is 101 Å². The topological polar surface area (TPSA) is 68.3 Å². The highest BCUT2D eigenvalue weighted by atomic mass is 35.5. The molecule has 1 aromatic heterocycles. The molecule has 3 N–H and O–H groups in total. The number of hydrogen-bond donors (Lipinski definition) is 2. The van der Waals surface area contributed by atoms with E-state index in [1.807, 2.05) is 0 Å². The van der Waals surface area contributed by atoms with Gasteiger partial charge in [-0.2, -0.15) is 0 Å². The van der Waals surface area contributed by atoms with Crippen molar-refractivity contribution in [1.29, 1.82) is 0 Å². The van der Waals surface area contributed by atoms with Crippen LogP contribution in [0.1, 0.15) is 29.0 Å². The summed E-state index contributed by atoms with van der Waals surface area (Å²) in [5.41, 5.74) is 6.22. The van der Waals surface area contributed by atoms with Crippen LogP contribution in [-0.2, 0) is 0 Å². The van der Waals surface area contributed by atoms with Crippen LogP contribution in [0, 0.1) is 12.8 Å². The van der Waals surface area contributed by atoms with Crippen LogP contribution in [0.25, 0.3) is 0 Å². The van der Waals surface area contributed by atoms with Gasteiger partial charge in [-0.15, -0.1) is 12.4 Å². The lowest BCUT2D eigenvalue weighted by atomic mass is 10.1. The number of halogens is 1. The SMILES string of the molecule is Cc1occc1C(=O)NC(CN)C1CC1.Cl. The zero-order valence-electron chi connectivity index (χ0n) is 9.23. The van der Waals surface area contributed by atoms with E-state index >= 15 is 0 Å². The van der Waals surface area contributed by atoms with Crippen LogP contribution >= 0.6 is 12.4 Å². The summed E-state index contributed by atoms with van der Waals surface area (Å²) in [6.45, 7) is 2.29. The first kappa shape index (κ1) is 13.1. The Bertz CT molecular complexity index is 361. The van der Waals surface area contributed by atoms with E-state index in [0.29, 0.717) is 23.8 Å². The van der Waals surface area contributed by atoms with Crippen molar-refractivity contribution in [3.05, 3.63) is 23.7 Å². The Kier molecular flexibility index (Phi) is 4.38. The highest BCUT2D eigenvalue weighted by Crippen LogP contribution is 2.32. The van der Waals surface area contributed by atoms with Gasteiger partial charge in [-0.25, -0.2) is 0 Å². The standard InChI is InChI=1S/C11H16N2O2.ClH/c1-7-9(4-5-15-7)11(14)13-10(6-12)8-2-3-8;/h4-5,8,10H,2-3,6,12H2,1H3,(H,13,14);1H. The van der Waals surface area contributed by atoms with Crippen LogP contribution < -0.4 is 11.1 Å². The molecule has 1 aromatic rings. The van der Waals surface area contributed by atoms with E-state index in [-0.39, 0.29) is 24.4 Å². The summed E-state index contributed by atoms with van der Waals surface area (Å²) in [7, 11) is 0. The molecule has 2 rings (SSSR count). The molecule has 1 saturated carbocycles. The molecular weight excluding hydrogens is 228 g/mol. The molecule has 0 spiro atoms. The number of nitrogens with one attached hydrogen (secondary N) is 1. The maximum atomic E-state index is 11.8. The van der Waals surface area contributed by atoms with Crippen molar-refractivity contribution in [2.45, 2.75) is 25.8 Å². The summed E-state index contributed by atoms with van der Waals surface area (Å²) < 4.78 is 5.08. The average Bonchev–Trinajstić information content (AvgIpc) is 2.97. The van der Waals surface area contributed by atoms with Gasteiger partial charge in [0, 0.05) is 12.6 Å². The molecule has 1 amide bonds. The van der Waals surface area contributed by atoms with Gasteiger partial charge in [-0.3, -0.25) is 4.79 Å².